The van der Waals surface area contributed by atoms with Gasteiger partial charge in [0, 0.05) is 36.3 Å². The van der Waals surface area contributed by atoms with Crippen LogP contribution in [0.25, 0.3) is 22.5 Å². The molecule has 27 heavy (non-hydrogen) atoms. The summed E-state index contributed by atoms with van der Waals surface area (Å²) in [4.78, 5) is 17.7. The number of nitrogens with zero attached hydrogens (tertiary/aromatic N) is 4. The Morgan fingerprint density at radius 2 is 1.85 bits per heavy atom. The molecular formula is C21H19N5O. The highest BCUT2D eigenvalue weighted by Gasteiger charge is 2.16. The fourth-order valence-electron chi connectivity index (χ4n) is 2.89. The Labute approximate surface area is 157 Å². The molecule has 0 saturated heterocycles. The highest BCUT2D eigenvalue weighted by atomic mass is 16.3. The Kier molecular flexibility index (Phi) is 4.87. The number of aryl methyl sites for hydroxylation is 1. The van der Waals surface area contributed by atoms with Crippen LogP contribution >= 0.6 is 0 Å². The third-order valence-corrected chi connectivity index (χ3v) is 4.28. The zero-order chi connectivity index (χ0) is 18.5. The molecule has 0 aliphatic heterocycles. The van der Waals surface area contributed by atoms with E-state index in [2.05, 4.69) is 32.4 Å². The van der Waals surface area contributed by atoms with Crippen LogP contribution in [0.2, 0.25) is 0 Å². The van der Waals surface area contributed by atoms with Crippen LogP contribution < -0.4 is 5.32 Å². The molecule has 0 radical (unpaired) electrons. The van der Waals surface area contributed by atoms with Crippen molar-refractivity contribution in [2.24, 2.45) is 0 Å². The molecule has 0 spiro atoms. The van der Waals surface area contributed by atoms with Gasteiger partial charge >= 0.3 is 0 Å². The summed E-state index contributed by atoms with van der Waals surface area (Å²) in [5.74, 6) is 1.38. The molecule has 0 atom stereocenters. The van der Waals surface area contributed by atoms with Gasteiger partial charge in [0.1, 0.15) is 5.76 Å². The Bertz CT molecular complexity index is 1020. The van der Waals surface area contributed by atoms with E-state index in [0.29, 0.717) is 5.95 Å². The number of nitrogens with one attached hydrogen (secondary N) is 1. The Morgan fingerprint density at radius 1 is 0.963 bits per heavy atom. The van der Waals surface area contributed by atoms with Gasteiger partial charge in [-0.2, -0.15) is 0 Å². The van der Waals surface area contributed by atoms with Gasteiger partial charge in [0.05, 0.1) is 23.8 Å². The van der Waals surface area contributed by atoms with Gasteiger partial charge in [0.15, 0.2) is 0 Å². The van der Waals surface area contributed by atoms with E-state index in [1.807, 2.05) is 31.2 Å². The number of aromatic nitrogens is 4. The van der Waals surface area contributed by atoms with E-state index in [-0.39, 0.29) is 0 Å². The smallest absolute Gasteiger partial charge is 0.223 e. The molecule has 6 heteroatoms. The van der Waals surface area contributed by atoms with Crippen LogP contribution in [0.15, 0.2) is 71.9 Å². The van der Waals surface area contributed by atoms with Crippen molar-refractivity contribution in [1.82, 2.24) is 19.9 Å². The predicted octanol–water partition coefficient (Wildman–Crippen LogP) is 4.16. The molecule has 3 heterocycles. The highest BCUT2D eigenvalue weighted by molar-refractivity contribution is 5.79. The van der Waals surface area contributed by atoms with E-state index in [9.17, 15) is 0 Å². The van der Waals surface area contributed by atoms with Gasteiger partial charge in [-0.1, -0.05) is 30.3 Å². The number of benzene rings is 1. The number of furan rings is 1. The number of hydrogen-bond donors (Lipinski definition) is 1. The van der Waals surface area contributed by atoms with Crippen LogP contribution in [0, 0.1) is 6.92 Å². The van der Waals surface area contributed by atoms with Gasteiger partial charge in [0.25, 0.3) is 0 Å². The molecule has 0 amide bonds. The van der Waals surface area contributed by atoms with Crippen LogP contribution in [0.4, 0.5) is 5.95 Å². The second kappa shape index (κ2) is 7.78. The maximum absolute atomic E-state index is 5.47. The molecule has 0 unspecified atom stereocenters. The quantitative estimate of drug-likeness (QED) is 0.558. The second-order valence-electron chi connectivity index (χ2n) is 6.10. The van der Waals surface area contributed by atoms with Gasteiger partial charge < -0.3 is 9.73 Å². The summed E-state index contributed by atoms with van der Waals surface area (Å²) < 4.78 is 5.47. The fourth-order valence-corrected chi connectivity index (χ4v) is 2.89. The van der Waals surface area contributed by atoms with Crippen molar-refractivity contribution in [1.29, 1.82) is 0 Å². The zero-order valence-electron chi connectivity index (χ0n) is 15.0. The van der Waals surface area contributed by atoms with Crippen LogP contribution in [-0.4, -0.2) is 26.5 Å². The first-order valence-electron chi connectivity index (χ1n) is 8.77. The predicted molar refractivity (Wildman–Crippen MR) is 104 cm³/mol. The Hall–Kier alpha value is -3.54. The van der Waals surface area contributed by atoms with Crippen molar-refractivity contribution in [3.63, 3.8) is 0 Å². The minimum atomic E-state index is 0.578. The summed E-state index contributed by atoms with van der Waals surface area (Å²) in [6.07, 6.45) is 9.36. The molecule has 0 fully saturated rings. The topological polar surface area (TPSA) is 76.7 Å². The summed E-state index contributed by atoms with van der Waals surface area (Å²) in [5.41, 5.74) is 4.51. The summed E-state index contributed by atoms with van der Waals surface area (Å²) in [7, 11) is 0. The molecule has 3 aromatic heterocycles. The first kappa shape index (κ1) is 16.9. The lowest BCUT2D eigenvalue weighted by Gasteiger charge is -2.10. The number of rotatable bonds is 6. The average Bonchev–Trinajstić information content (AvgIpc) is 3.15. The van der Waals surface area contributed by atoms with Gasteiger partial charge in [-0.05, 0) is 25.0 Å². The summed E-state index contributed by atoms with van der Waals surface area (Å²) >= 11 is 0. The molecule has 0 aliphatic carbocycles. The van der Waals surface area contributed by atoms with Gasteiger partial charge in [-0.15, -0.1) is 0 Å². The maximum atomic E-state index is 5.47. The van der Waals surface area contributed by atoms with Crippen molar-refractivity contribution in [3.8, 4) is 22.5 Å². The van der Waals surface area contributed by atoms with Gasteiger partial charge in [-0.25, -0.2) is 9.97 Å². The van der Waals surface area contributed by atoms with E-state index in [0.717, 1.165) is 41.2 Å². The second-order valence-corrected chi connectivity index (χ2v) is 6.10. The van der Waals surface area contributed by atoms with Crippen molar-refractivity contribution < 1.29 is 4.42 Å². The van der Waals surface area contributed by atoms with Crippen LogP contribution in [0.1, 0.15) is 11.3 Å². The molecule has 0 aliphatic rings. The van der Waals surface area contributed by atoms with Crippen molar-refractivity contribution >= 4 is 5.95 Å². The third kappa shape index (κ3) is 3.84. The van der Waals surface area contributed by atoms with Crippen molar-refractivity contribution in [2.75, 3.05) is 11.9 Å². The lowest BCUT2D eigenvalue weighted by Crippen LogP contribution is -2.09. The van der Waals surface area contributed by atoms with Crippen molar-refractivity contribution in [2.45, 2.75) is 13.3 Å². The monoisotopic (exact) mass is 357 g/mol. The molecule has 6 nitrogen and oxygen atoms in total. The Balaban J connectivity index is 1.62. The minimum Gasteiger partial charge on any atom is -0.469 e. The zero-order valence-corrected chi connectivity index (χ0v) is 15.0. The van der Waals surface area contributed by atoms with E-state index in [4.69, 9.17) is 9.40 Å². The fraction of sp³-hybridized carbons (Fsp3) is 0.143. The largest absolute Gasteiger partial charge is 0.469 e. The minimum absolute atomic E-state index is 0.578. The highest BCUT2D eigenvalue weighted by Crippen LogP contribution is 2.31. The lowest BCUT2D eigenvalue weighted by atomic mass is 10.1. The molecule has 0 saturated carbocycles. The van der Waals surface area contributed by atoms with Crippen LogP contribution in [0.3, 0.4) is 0 Å². The molecule has 1 N–H and O–H groups in total. The van der Waals surface area contributed by atoms with Gasteiger partial charge in [0.2, 0.25) is 5.95 Å². The molecule has 4 rings (SSSR count). The number of hydrogen-bond acceptors (Lipinski definition) is 6. The lowest BCUT2D eigenvalue weighted by molar-refractivity contribution is 0.535. The normalized spacial score (nSPS) is 10.7. The first-order chi connectivity index (χ1) is 13.3. The average molecular weight is 357 g/mol. The molecular weight excluding hydrogens is 338 g/mol. The third-order valence-electron chi connectivity index (χ3n) is 4.28. The molecule has 4 aromatic rings. The van der Waals surface area contributed by atoms with Gasteiger partial charge in [-0.3, -0.25) is 9.97 Å². The van der Waals surface area contributed by atoms with E-state index in [1.54, 1.807) is 31.1 Å². The summed E-state index contributed by atoms with van der Waals surface area (Å²) in [6, 6.07) is 12.2. The first-order valence-corrected chi connectivity index (χ1v) is 8.77. The van der Waals surface area contributed by atoms with E-state index in [1.165, 1.54) is 5.56 Å². The molecule has 1 aromatic carbocycles. The van der Waals surface area contributed by atoms with E-state index >= 15 is 0 Å². The van der Waals surface area contributed by atoms with Crippen LogP contribution in [-0.2, 0) is 6.42 Å². The maximum Gasteiger partial charge on any atom is 0.223 e. The number of anilines is 1. The van der Waals surface area contributed by atoms with Crippen LogP contribution in [0.5, 0.6) is 0 Å². The SMILES string of the molecule is Cc1occc1-c1nc(NCCc2ccccc2)ncc1-c1cnccn1. The summed E-state index contributed by atoms with van der Waals surface area (Å²) in [5, 5.41) is 3.30. The van der Waals surface area contributed by atoms with Crippen molar-refractivity contribution in [3.05, 3.63) is 78.8 Å². The molecule has 134 valence electrons. The molecule has 0 bridgehead atoms. The van der Waals surface area contributed by atoms with E-state index < -0.39 is 0 Å². The summed E-state index contributed by atoms with van der Waals surface area (Å²) in [6.45, 7) is 2.67. The standard InChI is InChI=1S/C21H19N5O/c1-15-17(8-12-27-15)20-18(19-14-22-10-11-23-19)13-25-21(26-20)24-9-7-16-5-3-2-4-6-16/h2-6,8,10-14H,7,9H2,1H3,(H,24,25,26). The Morgan fingerprint density at radius 3 is 2.59 bits per heavy atom.